The predicted molar refractivity (Wildman–Crippen MR) is 74.9 cm³/mol. The van der Waals surface area contributed by atoms with E-state index < -0.39 is 10.0 Å². The van der Waals surface area contributed by atoms with Crippen molar-refractivity contribution in [2.45, 2.75) is 18.6 Å². The Bertz CT molecular complexity index is 510. The summed E-state index contributed by atoms with van der Waals surface area (Å²) < 4.78 is 31.9. The molecule has 2 N–H and O–H groups in total. The summed E-state index contributed by atoms with van der Waals surface area (Å²) in [4.78, 5) is 0. The van der Waals surface area contributed by atoms with E-state index in [2.05, 4.69) is 10.0 Å². The van der Waals surface area contributed by atoms with Crippen LogP contribution in [0.25, 0.3) is 0 Å². The second-order valence-corrected chi connectivity index (χ2v) is 6.76. The van der Waals surface area contributed by atoms with Crippen LogP contribution in [0, 0.1) is 6.92 Å². The Morgan fingerprint density at radius 2 is 2.32 bits per heavy atom. The highest BCUT2D eigenvalue weighted by Gasteiger charge is 2.27. The molecule has 106 valence electrons. The molecule has 1 atom stereocenters. The van der Waals surface area contributed by atoms with Crippen molar-refractivity contribution >= 4 is 10.0 Å². The highest BCUT2D eigenvalue weighted by Crippen LogP contribution is 2.12. The van der Waals surface area contributed by atoms with Gasteiger partial charge >= 0.3 is 0 Å². The molecule has 0 aliphatic carbocycles. The molecule has 5 nitrogen and oxygen atoms in total. The minimum atomic E-state index is -3.22. The fraction of sp³-hybridized carbons (Fsp3) is 0.538. The average molecular weight is 284 g/mol. The molecule has 0 radical (unpaired) electrons. The van der Waals surface area contributed by atoms with Crippen molar-refractivity contribution in [3.05, 3.63) is 29.8 Å². The summed E-state index contributed by atoms with van der Waals surface area (Å²) in [7, 11) is -3.22. The van der Waals surface area contributed by atoms with Crippen LogP contribution < -0.4 is 14.8 Å². The molecule has 1 saturated heterocycles. The summed E-state index contributed by atoms with van der Waals surface area (Å²) in [5.74, 6) is 0.765. The van der Waals surface area contributed by atoms with E-state index in [0.29, 0.717) is 26.1 Å². The number of rotatable bonds is 6. The lowest BCUT2D eigenvalue weighted by Crippen LogP contribution is -2.37. The molecule has 1 aromatic rings. The van der Waals surface area contributed by atoms with Crippen molar-refractivity contribution in [3.63, 3.8) is 0 Å². The van der Waals surface area contributed by atoms with Crippen LogP contribution in [-0.4, -0.2) is 39.9 Å². The van der Waals surface area contributed by atoms with Crippen LogP contribution in [0.4, 0.5) is 0 Å². The van der Waals surface area contributed by atoms with Crippen LogP contribution in [0.1, 0.15) is 12.0 Å². The van der Waals surface area contributed by atoms with E-state index in [9.17, 15) is 8.42 Å². The third-order valence-electron chi connectivity index (χ3n) is 3.12. The van der Waals surface area contributed by atoms with Crippen molar-refractivity contribution in [1.82, 2.24) is 10.0 Å². The summed E-state index contributed by atoms with van der Waals surface area (Å²) in [5, 5.41) is 2.74. The zero-order valence-corrected chi connectivity index (χ0v) is 11.9. The van der Waals surface area contributed by atoms with Gasteiger partial charge < -0.3 is 10.1 Å². The van der Waals surface area contributed by atoms with Crippen molar-refractivity contribution in [3.8, 4) is 5.75 Å². The van der Waals surface area contributed by atoms with E-state index in [1.165, 1.54) is 0 Å². The molecule has 1 fully saturated rings. The van der Waals surface area contributed by atoms with Crippen LogP contribution in [0.15, 0.2) is 24.3 Å². The maximum absolute atomic E-state index is 11.9. The molecule has 0 bridgehead atoms. The minimum Gasteiger partial charge on any atom is -0.492 e. The number of ether oxygens (including phenoxy) is 1. The first-order chi connectivity index (χ1) is 9.08. The number of aryl methyl sites for hydroxylation is 1. The number of nitrogens with one attached hydrogen (secondary N) is 2. The zero-order valence-electron chi connectivity index (χ0n) is 11.1. The fourth-order valence-corrected chi connectivity index (χ4v) is 3.44. The van der Waals surface area contributed by atoms with Gasteiger partial charge in [-0.25, -0.2) is 13.1 Å². The molecule has 0 amide bonds. The molecule has 2 rings (SSSR count). The number of hydrogen-bond donors (Lipinski definition) is 2. The molecule has 0 spiro atoms. The first kappa shape index (κ1) is 14.3. The van der Waals surface area contributed by atoms with Gasteiger partial charge in [0.1, 0.15) is 12.4 Å². The molecule has 1 heterocycles. The number of sulfonamides is 1. The molecule has 0 saturated carbocycles. The third-order valence-corrected chi connectivity index (χ3v) is 5.00. The van der Waals surface area contributed by atoms with E-state index in [1.54, 1.807) is 0 Å². The van der Waals surface area contributed by atoms with E-state index in [0.717, 1.165) is 17.9 Å². The van der Waals surface area contributed by atoms with Gasteiger partial charge in [-0.05, 0) is 37.6 Å². The quantitative estimate of drug-likeness (QED) is 0.753. The largest absolute Gasteiger partial charge is 0.492 e. The minimum absolute atomic E-state index is 0.298. The Kier molecular flexibility index (Phi) is 4.79. The Hall–Kier alpha value is -1.11. The predicted octanol–water partition coefficient (Wildman–Crippen LogP) is 0.655. The monoisotopic (exact) mass is 284 g/mol. The maximum Gasteiger partial charge on any atom is 0.215 e. The van der Waals surface area contributed by atoms with Gasteiger partial charge in [-0.15, -0.1) is 0 Å². The highest BCUT2D eigenvalue weighted by molar-refractivity contribution is 7.90. The summed E-state index contributed by atoms with van der Waals surface area (Å²) in [5.41, 5.74) is 1.12. The molecule has 1 unspecified atom stereocenters. The van der Waals surface area contributed by atoms with Crippen molar-refractivity contribution in [2.24, 2.45) is 0 Å². The first-order valence-electron chi connectivity index (χ1n) is 6.46. The molecule has 19 heavy (non-hydrogen) atoms. The first-order valence-corrected chi connectivity index (χ1v) is 8.01. The van der Waals surface area contributed by atoms with Gasteiger partial charge in [0, 0.05) is 13.1 Å². The van der Waals surface area contributed by atoms with Gasteiger partial charge in [0.05, 0.1) is 5.25 Å². The average Bonchev–Trinajstić information content (AvgIpc) is 2.89. The Morgan fingerprint density at radius 1 is 1.47 bits per heavy atom. The molecule has 1 aliphatic rings. The van der Waals surface area contributed by atoms with Crippen LogP contribution in [0.3, 0.4) is 0 Å². The summed E-state index contributed by atoms with van der Waals surface area (Å²) >= 11 is 0. The Labute approximate surface area is 114 Å². The van der Waals surface area contributed by atoms with E-state index in [-0.39, 0.29) is 5.25 Å². The van der Waals surface area contributed by atoms with Crippen LogP contribution in [0.5, 0.6) is 5.75 Å². The molecular weight excluding hydrogens is 264 g/mol. The topological polar surface area (TPSA) is 67.4 Å². The van der Waals surface area contributed by atoms with Gasteiger partial charge in [-0.3, -0.25) is 0 Å². The van der Waals surface area contributed by atoms with E-state index in [1.807, 2.05) is 31.2 Å². The van der Waals surface area contributed by atoms with Gasteiger partial charge in [-0.1, -0.05) is 12.1 Å². The van der Waals surface area contributed by atoms with Crippen LogP contribution in [0.2, 0.25) is 0 Å². The van der Waals surface area contributed by atoms with Crippen molar-refractivity contribution in [2.75, 3.05) is 26.2 Å². The lowest BCUT2D eigenvalue weighted by molar-refractivity contribution is 0.322. The van der Waals surface area contributed by atoms with Crippen molar-refractivity contribution < 1.29 is 13.2 Å². The third kappa shape index (κ3) is 4.19. The Morgan fingerprint density at radius 3 is 3.00 bits per heavy atom. The lowest BCUT2D eigenvalue weighted by Gasteiger charge is -2.12. The second-order valence-electron chi connectivity index (χ2n) is 4.72. The summed E-state index contributed by atoms with van der Waals surface area (Å²) in [6.45, 7) is 3.93. The number of hydrogen-bond acceptors (Lipinski definition) is 4. The Balaban J connectivity index is 1.74. The van der Waals surface area contributed by atoms with Crippen LogP contribution in [-0.2, 0) is 10.0 Å². The molecule has 1 aromatic carbocycles. The normalized spacial score (nSPS) is 19.5. The fourth-order valence-electron chi connectivity index (χ4n) is 2.07. The molecule has 6 heteroatoms. The van der Waals surface area contributed by atoms with Gasteiger partial charge in [0.15, 0.2) is 0 Å². The standard InChI is InChI=1S/C13H20N2O3S/c1-11-3-2-4-12(9-11)18-8-7-15-19(16,17)13-5-6-14-10-13/h2-4,9,13-15H,5-8,10H2,1H3. The van der Waals surface area contributed by atoms with E-state index >= 15 is 0 Å². The highest BCUT2D eigenvalue weighted by atomic mass is 32.2. The van der Waals surface area contributed by atoms with Gasteiger partial charge in [0.2, 0.25) is 10.0 Å². The van der Waals surface area contributed by atoms with Crippen LogP contribution >= 0.6 is 0 Å². The number of benzene rings is 1. The lowest BCUT2D eigenvalue weighted by atomic mass is 10.2. The smallest absolute Gasteiger partial charge is 0.215 e. The maximum atomic E-state index is 11.9. The second kappa shape index (κ2) is 6.36. The SMILES string of the molecule is Cc1cccc(OCCNS(=O)(=O)C2CCNC2)c1. The van der Waals surface area contributed by atoms with Gasteiger partial charge in [-0.2, -0.15) is 0 Å². The van der Waals surface area contributed by atoms with E-state index in [4.69, 9.17) is 4.74 Å². The summed E-state index contributed by atoms with van der Waals surface area (Å²) in [6.07, 6.45) is 0.675. The van der Waals surface area contributed by atoms with Gasteiger partial charge in [0.25, 0.3) is 0 Å². The zero-order chi connectivity index (χ0) is 13.7. The summed E-state index contributed by atoms with van der Waals surface area (Å²) in [6, 6.07) is 7.69. The molecular formula is C13H20N2O3S. The van der Waals surface area contributed by atoms with Crippen molar-refractivity contribution in [1.29, 1.82) is 0 Å². The molecule has 0 aromatic heterocycles. The molecule has 1 aliphatic heterocycles.